The number of aromatic amines is 2. The fourth-order valence-electron chi connectivity index (χ4n) is 2.36. The maximum absolute atomic E-state index is 11.7. The number of nitrogens with one attached hydrogen (secondary N) is 3. The highest BCUT2D eigenvalue weighted by Crippen LogP contribution is 2.26. The lowest BCUT2D eigenvalue weighted by molar-refractivity contribution is 0.0246. The van der Waals surface area contributed by atoms with Gasteiger partial charge < -0.3 is 20.4 Å². The van der Waals surface area contributed by atoms with Gasteiger partial charge >= 0.3 is 5.69 Å². The van der Waals surface area contributed by atoms with Crippen molar-refractivity contribution in [1.29, 1.82) is 0 Å². The number of imidazole rings is 1. The lowest BCUT2D eigenvalue weighted by Gasteiger charge is -2.26. The summed E-state index contributed by atoms with van der Waals surface area (Å²) < 4.78 is 0. The lowest BCUT2D eigenvalue weighted by Crippen LogP contribution is -2.42. The highest BCUT2D eigenvalue weighted by Gasteiger charge is 2.28. The molecule has 4 N–H and O–H groups in total. The van der Waals surface area contributed by atoms with Crippen LogP contribution in [0.25, 0.3) is 0 Å². The molecular formula is C12H19N3O3. The van der Waals surface area contributed by atoms with E-state index < -0.39 is 11.3 Å². The Morgan fingerprint density at radius 1 is 1.33 bits per heavy atom. The van der Waals surface area contributed by atoms with Crippen LogP contribution in [0, 0.1) is 0 Å². The van der Waals surface area contributed by atoms with Crippen LogP contribution in [0.4, 0.5) is 0 Å². The molecule has 1 saturated carbocycles. The standard InChI is InChI=1S/C12H19N3O3/c16-10(9-7-13-11(17)15-9)14-8-12(18)5-3-1-2-4-6-12/h7,18H,1-6,8H2,(H,14,16)(H2,13,15,17). The van der Waals surface area contributed by atoms with E-state index in [4.69, 9.17) is 0 Å². The molecular weight excluding hydrogens is 234 g/mol. The third-order valence-electron chi connectivity index (χ3n) is 3.45. The van der Waals surface area contributed by atoms with E-state index in [0.29, 0.717) is 0 Å². The Kier molecular flexibility index (Phi) is 3.86. The molecule has 0 aromatic carbocycles. The van der Waals surface area contributed by atoms with Crippen molar-refractivity contribution in [3.8, 4) is 0 Å². The molecule has 1 amide bonds. The molecule has 0 radical (unpaired) electrons. The molecule has 1 fully saturated rings. The zero-order valence-electron chi connectivity index (χ0n) is 10.3. The van der Waals surface area contributed by atoms with E-state index in [1.807, 2.05) is 0 Å². The largest absolute Gasteiger partial charge is 0.388 e. The van der Waals surface area contributed by atoms with E-state index in [-0.39, 0.29) is 18.1 Å². The minimum Gasteiger partial charge on any atom is -0.388 e. The highest BCUT2D eigenvalue weighted by atomic mass is 16.3. The number of carbonyl (C=O) groups excluding carboxylic acids is 1. The van der Waals surface area contributed by atoms with E-state index in [1.165, 1.54) is 6.20 Å². The SMILES string of the molecule is O=C(NCC1(O)CCCCCC1)c1c[nH]c(=O)[nH]1. The third-order valence-corrected chi connectivity index (χ3v) is 3.45. The van der Waals surface area contributed by atoms with Gasteiger partial charge in [-0.2, -0.15) is 0 Å². The third kappa shape index (κ3) is 3.22. The smallest absolute Gasteiger partial charge is 0.323 e. The van der Waals surface area contributed by atoms with E-state index in [2.05, 4.69) is 15.3 Å². The van der Waals surface area contributed by atoms with Crippen LogP contribution in [0.5, 0.6) is 0 Å². The van der Waals surface area contributed by atoms with Gasteiger partial charge in [-0.05, 0) is 12.8 Å². The molecule has 0 atom stereocenters. The average molecular weight is 253 g/mol. The van der Waals surface area contributed by atoms with Crippen LogP contribution in [-0.2, 0) is 0 Å². The fraction of sp³-hybridized carbons (Fsp3) is 0.667. The molecule has 1 aromatic rings. The molecule has 6 heteroatoms. The van der Waals surface area contributed by atoms with Crippen molar-refractivity contribution in [1.82, 2.24) is 15.3 Å². The van der Waals surface area contributed by atoms with Crippen molar-refractivity contribution in [3.05, 3.63) is 22.4 Å². The first-order valence-corrected chi connectivity index (χ1v) is 6.37. The first kappa shape index (κ1) is 12.9. The summed E-state index contributed by atoms with van der Waals surface area (Å²) in [5, 5.41) is 13.0. The summed E-state index contributed by atoms with van der Waals surface area (Å²) in [7, 11) is 0. The summed E-state index contributed by atoms with van der Waals surface area (Å²) in [5.74, 6) is -0.369. The summed E-state index contributed by atoms with van der Waals surface area (Å²) in [5.41, 5.74) is -1.02. The molecule has 0 saturated heterocycles. The molecule has 100 valence electrons. The van der Waals surface area contributed by atoms with E-state index >= 15 is 0 Å². The van der Waals surface area contributed by atoms with Gasteiger partial charge in [-0.1, -0.05) is 25.7 Å². The molecule has 0 unspecified atom stereocenters. The molecule has 1 aromatic heterocycles. The Morgan fingerprint density at radius 2 is 2.00 bits per heavy atom. The van der Waals surface area contributed by atoms with E-state index in [1.54, 1.807) is 0 Å². The molecule has 1 heterocycles. The zero-order valence-corrected chi connectivity index (χ0v) is 10.3. The van der Waals surface area contributed by atoms with Crippen LogP contribution in [0.15, 0.2) is 11.0 Å². The second-order valence-electron chi connectivity index (χ2n) is 4.98. The van der Waals surface area contributed by atoms with Crippen LogP contribution < -0.4 is 11.0 Å². The van der Waals surface area contributed by atoms with Crippen LogP contribution in [0.2, 0.25) is 0 Å². The molecule has 0 spiro atoms. The topological polar surface area (TPSA) is 98.0 Å². The first-order valence-electron chi connectivity index (χ1n) is 6.37. The van der Waals surface area contributed by atoms with Crippen molar-refractivity contribution in [2.75, 3.05) is 6.54 Å². The van der Waals surface area contributed by atoms with Crippen molar-refractivity contribution in [2.24, 2.45) is 0 Å². The molecule has 1 aliphatic rings. The lowest BCUT2D eigenvalue weighted by atomic mass is 9.94. The van der Waals surface area contributed by atoms with Crippen LogP contribution in [-0.4, -0.2) is 33.1 Å². The van der Waals surface area contributed by atoms with E-state index in [9.17, 15) is 14.7 Å². The maximum atomic E-state index is 11.7. The van der Waals surface area contributed by atoms with Crippen molar-refractivity contribution >= 4 is 5.91 Å². The minimum absolute atomic E-state index is 0.192. The molecule has 18 heavy (non-hydrogen) atoms. The molecule has 2 rings (SSSR count). The highest BCUT2D eigenvalue weighted by molar-refractivity contribution is 5.91. The predicted octanol–water partition coefficient (Wildman–Crippen LogP) is 0.518. The van der Waals surface area contributed by atoms with Crippen LogP contribution in [0.3, 0.4) is 0 Å². The molecule has 0 bridgehead atoms. The number of aliphatic hydroxyl groups is 1. The predicted molar refractivity (Wildman–Crippen MR) is 66.4 cm³/mol. The van der Waals surface area contributed by atoms with Gasteiger partial charge in [0.1, 0.15) is 5.69 Å². The normalized spacial score (nSPS) is 19.2. The monoisotopic (exact) mass is 253 g/mol. The number of carbonyl (C=O) groups is 1. The Hall–Kier alpha value is -1.56. The Labute approximate surface area is 105 Å². The van der Waals surface area contributed by atoms with Gasteiger partial charge in [0, 0.05) is 12.7 Å². The average Bonchev–Trinajstić information content (AvgIpc) is 2.66. The zero-order chi connectivity index (χ0) is 13.0. The first-order chi connectivity index (χ1) is 8.59. The van der Waals surface area contributed by atoms with Gasteiger partial charge in [0.15, 0.2) is 0 Å². The second-order valence-corrected chi connectivity index (χ2v) is 4.98. The number of amides is 1. The summed E-state index contributed by atoms with van der Waals surface area (Å²) in [6, 6.07) is 0. The Bertz CT molecular complexity index is 455. The number of rotatable bonds is 3. The molecule has 1 aliphatic carbocycles. The van der Waals surface area contributed by atoms with Crippen molar-refractivity contribution < 1.29 is 9.90 Å². The second kappa shape index (κ2) is 5.39. The molecule has 0 aliphatic heterocycles. The van der Waals surface area contributed by atoms with Gasteiger partial charge in [0.25, 0.3) is 5.91 Å². The van der Waals surface area contributed by atoms with Gasteiger partial charge in [0.2, 0.25) is 0 Å². The van der Waals surface area contributed by atoms with Crippen LogP contribution in [0.1, 0.15) is 49.0 Å². The Balaban J connectivity index is 1.90. The van der Waals surface area contributed by atoms with Gasteiger partial charge in [-0.3, -0.25) is 4.79 Å². The Morgan fingerprint density at radius 3 is 2.56 bits per heavy atom. The summed E-state index contributed by atoms with van der Waals surface area (Å²) in [6.07, 6.45) is 7.03. The summed E-state index contributed by atoms with van der Waals surface area (Å²) in [4.78, 5) is 27.3. The van der Waals surface area contributed by atoms with Gasteiger partial charge in [0.05, 0.1) is 5.60 Å². The number of aromatic nitrogens is 2. The van der Waals surface area contributed by atoms with Gasteiger partial charge in [-0.25, -0.2) is 4.79 Å². The quantitative estimate of drug-likeness (QED) is 0.591. The number of H-pyrrole nitrogens is 2. The van der Waals surface area contributed by atoms with E-state index in [0.717, 1.165) is 38.5 Å². The molecule has 6 nitrogen and oxygen atoms in total. The maximum Gasteiger partial charge on any atom is 0.323 e. The van der Waals surface area contributed by atoms with Crippen LogP contribution >= 0.6 is 0 Å². The summed E-state index contributed by atoms with van der Waals surface area (Å²) in [6.45, 7) is 0.235. The minimum atomic E-state index is -0.803. The fourth-order valence-corrected chi connectivity index (χ4v) is 2.36. The van der Waals surface area contributed by atoms with Gasteiger partial charge in [-0.15, -0.1) is 0 Å². The number of hydrogen-bond acceptors (Lipinski definition) is 3. The summed E-state index contributed by atoms with van der Waals surface area (Å²) >= 11 is 0. The van der Waals surface area contributed by atoms with Crippen molar-refractivity contribution in [3.63, 3.8) is 0 Å². The number of hydrogen-bond donors (Lipinski definition) is 4. The van der Waals surface area contributed by atoms with Crippen molar-refractivity contribution in [2.45, 2.75) is 44.1 Å².